The van der Waals surface area contributed by atoms with E-state index in [-0.39, 0.29) is 10.8 Å². The number of carbonyl (C=O) groups is 1. The number of H-pyrrole nitrogens is 1. The number of sulfonamides is 1. The molecule has 3 aromatic rings. The van der Waals surface area contributed by atoms with Crippen molar-refractivity contribution in [3.8, 4) is 0 Å². The Bertz CT molecular complexity index is 1210. The van der Waals surface area contributed by atoms with Crippen LogP contribution in [0.4, 0.5) is 5.69 Å². The minimum Gasteiger partial charge on any atom is -0.371 e. The van der Waals surface area contributed by atoms with Gasteiger partial charge < -0.3 is 15.2 Å². The van der Waals surface area contributed by atoms with E-state index < -0.39 is 10.0 Å². The summed E-state index contributed by atoms with van der Waals surface area (Å²) in [5.74, 6) is -0.235. The second kappa shape index (κ2) is 9.34. The molecule has 0 unspecified atom stereocenters. The fraction of sp³-hybridized carbons (Fsp3) is 0.375. The molecule has 1 amide bonds. The van der Waals surface area contributed by atoms with Crippen LogP contribution in [0.15, 0.2) is 53.6 Å². The van der Waals surface area contributed by atoms with E-state index in [4.69, 9.17) is 0 Å². The van der Waals surface area contributed by atoms with Crippen LogP contribution in [0.5, 0.6) is 0 Å². The number of benzene rings is 2. The minimum atomic E-state index is -3.62. The number of amides is 1. The molecule has 170 valence electrons. The first-order valence-electron chi connectivity index (χ1n) is 11.0. The lowest BCUT2D eigenvalue weighted by Crippen LogP contribution is -2.29. The third kappa shape index (κ3) is 4.52. The van der Waals surface area contributed by atoms with Crippen molar-refractivity contribution < 1.29 is 13.2 Å². The molecule has 2 N–H and O–H groups in total. The Hall–Kier alpha value is -2.84. The summed E-state index contributed by atoms with van der Waals surface area (Å²) in [6.45, 7) is 2.27. The van der Waals surface area contributed by atoms with Crippen LogP contribution in [0.1, 0.15) is 35.2 Å². The second-order valence-electron chi connectivity index (χ2n) is 8.38. The van der Waals surface area contributed by atoms with Gasteiger partial charge in [-0.2, -0.15) is 0 Å². The number of rotatable bonds is 8. The molecular weight excluding hydrogens is 424 g/mol. The van der Waals surface area contributed by atoms with Gasteiger partial charge in [0.25, 0.3) is 5.91 Å². The van der Waals surface area contributed by atoms with Crippen molar-refractivity contribution in [2.45, 2.75) is 30.6 Å². The Labute approximate surface area is 189 Å². The van der Waals surface area contributed by atoms with Crippen molar-refractivity contribution in [2.24, 2.45) is 0 Å². The zero-order valence-corrected chi connectivity index (χ0v) is 19.4. The number of nitrogens with zero attached hydrogens (tertiary/aromatic N) is 2. The Morgan fingerprint density at radius 1 is 1.12 bits per heavy atom. The second-order valence-corrected chi connectivity index (χ2v) is 10.5. The van der Waals surface area contributed by atoms with Gasteiger partial charge in [-0.3, -0.25) is 4.79 Å². The van der Waals surface area contributed by atoms with Gasteiger partial charge in [0.05, 0.1) is 10.5 Å². The molecule has 1 fully saturated rings. The maximum atomic E-state index is 13.1. The first-order valence-corrected chi connectivity index (χ1v) is 12.5. The molecule has 8 heteroatoms. The van der Waals surface area contributed by atoms with Crippen LogP contribution in [0.2, 0.25) is 0 Å². The number of nitrogens with one attached hydrogen (secondary N) is 2. The van der Waals surface area contributed by atoms with E-state index >= 15 is 0 Å². The molecule has 1 aromatic heterocycles. The van der Waals surface area contributed by atoms with E-state index in [9.17, 15) is 13.2 Å². The molecule has 0 spiro atoms. The predicted octanol–water partition coefficient (Wildman–Crippen LogP) is 3.38. The number of para-hydroxylation sites is 1. The third-order valence-corrected chi connectivity index (χ3v) is 7.83. The molecule has 0 radical (unpaired) electrons. The van der Waals surface area contributed by atoms with Crippen LogP contribution in [-0.4, -0.2) is 57.3 Å². The maximum absolute atomic E-state index is 13.1. The van der Waals surface area contributed by atoms with Gasteiger partial charge in [-0.25, -0.2) is 12.7 Å². The molecule has 1 saturated heterocycles. The van der Waals surface area contributed by atoms with E-state index in [0.717, 1.165) is 50.0 Å². The molecule has 0 saturated carbocycles. The molecule has 4 rings (SSSR count). The highest BCUT2D eigenvalue weighted by Crippen LogP contribution is 2.28. The van der Waals surface area contributed by atoms with Crippen LogP contribution in [0.3, 0.4) is 0 Å². The molecule has 0 atom stereocenters. The van der Waals surface area contributed by atoms with Crippen LogP contribution in [-0.2, 0) is 16.4 Å². The number of aromatic amines is 1. The predicted molar refractivity (Wildman–Crippen MR) is 128 cm³/mol. The highest BCUT2D eigenvalue weighted by molar-refractivity contribution is 7.89. The summed E-state index contributed by atoms with van der Waals surface area (Å²) < 4.78 is 26.4. The van der Waals surface area contributed by atoms with Crippen molar-refractivity contribution in [3.63, 3.8) is 0 Å². The number of hydrogen-bond acceptors (Lipinski definition) is 4. The van der Waals surface area contributed by atoms with Gasteiger partial charge in [-0.15, -0.1) is 0 Å². The molecule has 1 aliphatic rings. The Kier molecular flexibility index (Phi) is 6.53. The van der Waals surface area contributed by atoms with E-state index in [1.807, 2.05) is 18.3 Å². The number of aryl methyl sites for hydroxylation is 1. The molecule has 2 aromatic carbocycles. The summed E-state index contributed by atoms with van der Waals surface area (Å²) in [6.07, 6.45) is 5.81. The van der Waals surface area contributed by atoms with E-state index in [2.05, 4.69) is 27.3 Å². The quantitative estimate of drug-likeness (QED) is 0.511. The van der Waals surface area contributed by atoms with E-state index in [1.165, 1.54) is 35.4 Å². The smallest absolute Gasteiger partial charge is 0.253 e. The lowest BCUT2D eigenvalue weighted by molar-refractivity contribution is 0.0953. The maximum Gasteiger partial charge on any atom is 0.253 e. The molecule has 0 bridgehead atoms. The van der Waals surface area contributed by atoms with Crippen molar-refractivity contribution in [1.82, 2.24) is 14.6 Å². The summed E-state index contributed by atoms with van der Waals surface area (Å²) in [4.78, 5) is 18.7. The lowest BCUT2D eigenvalue weighted by atomic mass is 10.1. The van der Waals surface area contributed by atoms with Crippen molar-refractivity contribution in [2.75, 3.05) is 38.6 Å². The fourth-order valence-corrected chi connectivity index (χ4v) is 5.14. The largest absolute Gasteiger partial charge is 0.371 e. The summed E-state index contributed by atoms with van der Waals surface area (Å²) in [5.41, 5.74) is 3.56. The zero-order chi connectivity index (χ0) is 22.7. The highest BCUT2D eigenvalue weighted by Gasteiger charge is 2.24. The van der Waals surface area contributed by atoms with Crippen molar-refractivity contribution in [1.29, 1.82) is 0 Å². The average molecular weight is 455 g/mol. The summed E-state index contributed by atoms with van der Waals surface area (Å²) in [5, 5.41) is 4.20. The molecular formula is C24H30N4O3S. The third-order valence-electron chi connectivity index (χ3n) is 6.02. The topological polar surface area (TPSA) is 85.5 Å². The van der Waals surface area contributed by atoms with Gasteiger partial charge in [0.1, 0.15) is 0 Å². The Morgan fingerprint density at radius 2 is 1.88 bits per heavy atom. The normalized spacial score (nSPS) is 14.4. The molecule has 7 nitrogen and oxygen atoms in total. The monoisotopic (exact) mass is 454 g/mol. The number of fused-ring (bicyclic) bond motifs is 1. The van der Waals surface area contributed by atoms with Crippen LogP contribution in [0.25, 0.3) is 10.9 Å². The summed E-state index contributed by atoms with van der Waals surface area (Å²) in [6, 6.07) is 13.0. The minimum absolute atomic E-state index is 0.134. The van der Waals surface area contributed by atoms with Crippen molar-refractivity contribution >= 4 is 32.5 Å². The Balaban J connectivity index is 1.48. The summed E-state index contributed by atoms with van der Waals surface area (Å²) >= 11 is 0. The average Bonchev–Trinajstić information content (AvgIpc) is 3.46. The van der Waals surface area contributed by atoms with E-state index in [0.29, 0.717) is 12.1 Å². The first-order chi connectivity index (χ1) is 15.4. The SMILES string of the molecule is CN(C)S(=O)(=O)c1ccc(N2CCCC2)c(C(=O)NCCCc2c[nH]c3ccccc23)c1. The van der Waals surface area contributed by atoms with Gasteiger partial charge in [-0.1, -0.05) is 18.2 Å². The van der Waals surface area contributed by atoms with Gasteiger partial charge in [0.15, 0.2) is 0 Å². The number of anilines is 1. The standard InChI is InChI=1S/C24H30N4O3S/c1-27(2)32(30,31)19-11-12-23(28-14-5-6-15-28)21(16-19)24(29)25-13-7-8-18-17-26-22-10-4-3-9-20(18)22/h3-4,9-12,16-17,26H,5-8,13-15H2,1-2H3,(H,25,29). The van der Waals surface area contributed by atoms with Crippen molar-refractivity contribution in [3.05, 3.63) is 59.8 Å². The summed E-state index contributed by atoms with van der Waals surface area (Å²) in [7, 11) is -0.629. The number of hydrogen-bond donors (Lipinski definition) is 2. The van der Waals surface area contributed by atoms with Gasteiger partial charge in [0.2, 0.25) is 10.0 Å². The first kappa shape index (κ1) is 22.4. The number of aromatic nitrogens is 1. The van der Waals surface area contributed by atoms with Crippen LogP contribution >= 0.6 is 0 Å². The fourth-order valence-electron chi connectivity index (χ4n) is 4.22. The molecule has 0 aliphatic carbocycles. The van der Waals surface area contributed by atoms with Gasteiger partial charge >= 0.3 is 0 Å². The van der Waals surface area contributed by atoms with Gasteiger partial charge in [0, 0.05) is 56.5 Å². The zero-order valence-electron chi connectivity index (χ0n) is 18.6. The van der Waals surface area contributed by atoms with E-state index in [1.54, 1.807) is 12.1 Å². The Morgan fingerprint density at radius 3 is 2.62 bits per heavy atom. The lowest BCUT2D eigenvalue weighted by Gasteiger charge is -2.22. The molecule has 32 heavy (non-hydrogen) atoms. The number of carbonyl (C=O) groups excluding carboxylic acids is 1. The highest BCUT2D eigenvalue weighted by atomic mass is 32.2. The van der Waals surface area contributed by atoms with Gasteiger partial charge in [-0.05, 0) is 55.5 Å². The molecule has 1 aliphatic heterocycles. The van der Waals surface area contributed by atoms with Crippen LogP contribution < -0.4 is 10.2 Å². The van der Waals surface area contributed by atoms with Crippen LogP contribution in [0, 0.1) is 0 Å². The molecule has 2 heterocycles.